The van der Waals surface area contributed by atoms with E-state index in [2.05, 4.69) is 0 Å². The maximum atomic E-state index is 14.0. The molecule has 0 radical (unpaired) electrons. The van der Waals surface area contributed by atoms with E-state index < -0.39 is 5.82 Å². The topological polar surface area (TPSA) is 42.4 Å². The van der Waals surface area contributed by atoms with Crippen LogP contribution < -0.4 is 4.74 Å². The summed E-state index contributed by atoms with van der Waals surface area (Å²) in [4.78, 5) is 19.9. The van der Waals surface area contributed by atoms with Gasteiger partial charge in [0.15, 0.2) is 11.6 Å². The molecule has 144 valence electrons. The number of fused-ring (bicyclic) bond motifs is 1. The van der Waals surface area contributed by atoms with E-state index in [1.807, 2.05) is 37.3 Å². The van der Waals surface area contributed by atoms with Crippen LogP contribution in [0.2, 0.25) is 0 Å². The number of rotatable bonds is 6. The molecule has 1 amide bonds. The second kappa shape index (κ2) is 7.58. The molecule has 0 aliphatic heterocycles. The lowest BCUT2D eigenvalue weighted by Gasteiger charge is -2.22. The van der Waals surface area contributed by atoms with Gasteiger partial charge in [0.1, 0.15) is 0 Å². The first-order valence-electron chi connectivity index (χ1n) is 9.62. The Labute approximate surface area is 164 Å². The second-order valence-corrected chi connectivity index (χ2v) is 7.17. The highest BCUT2D eigenvalue weighted by Crippen LogP contribution is 2.40. The summed E-state index contributed by atoms with van der Waals surface area (Å²) < 4.78 is 19.0. The van der Waals surface area contributed by atoms with Crippen LogP contribution in [0.3, 0.4) is 0 Å². The van der Waals surface area contributed by atoms with Crippen LogP contribution in [-0.4, -0.2) is 29.4 Å². The van der Waals surface area contributed by atoms with Crippen LogP contribution in [0.4, 0.5) is 4.39 Å². The molecule has 0 unspecified atom stereocenters. The SMILES string of the molecule is CCN(Cc1ccc(OC)c(F)c1)C(=O)c1cc(C2CC2)nc2ccccc12. The first-order chi connectivity index (χ1) is 13.6. The molecule has 1 saturated carbocycles. The summed E-state index contributed by atoms with van der Waals surface area (Å²) in [5, 5.41) is 0.858. The zero-order valence-corrected chi connectivity index (χ0v) is 16.1. The third kappa shape index (κ3) is 3.57. The molecule has 2 aromatic carbocycles. The van der Waals surface area contributed by atoms with Crippen molar-refractivity contribution in [2.24, 2.45) is 0 Å². The maximum Gasteiger partial charge on any atom is 0.254 e. The van der Waals surface area contributed by atoms with Crippen LogP contribution in [0.15, 0.2) is 48.5 Å². The summed E-state index contributed by atoms with van der Waals surface area (Å²) >= 11 is 0. The lowest BCUT2D eigenvalue weighted by molar-refractivity contribution is 0.0754. The van der Waals surface area contributed by atoms with E-state index >= 15 is 0 Å². The average Bonchev–Trinajstić information content (AvgIpc) is 3.56. The first kappa shape index (κ1) is 18.4. The Morgan fingerprint density at radius 1 is 1.21 bits per heavy atom. The van der Waals surface area contributed by atoms with Gasteiger partial charge in [0.05, 0.1) is 18.2 Å². The number of amides is 1. The number of nitrogens with zero attached hydrogens (tertiary/aromatic N) is 2. The van der Waals surface area contributed by atoms with Crippen molar-refractivity contribution in [2.75, 3.05) is 13.7 Å². The highest BCUT2D eigenvalue weighted by atomic mass is 19.1. The molecule has 0 bridgehead atoms. The molecule has 1 aromatic heterocycles. The van der Waals surface area contributed by atoms with Gasteiger partial charge in [-0.1, -0.05) is 24.3 Å². The number of benzene rings is 2. The smallest absolute Gasteiger partial charge is 0.254 e. The summed E-state index contributed by atoms with van der Waals surface area (Å²) in [5.74, 6) is 0.183. The molecule has 28 heavy (non-hydrogen) atoms. The number of methoxy groups -OCH3 is 1. The molecule has 1 heterocycles. The number of ether oxygens (including phenoxy) is 1. The minimum absolute atomic E-state index is 0.0563. The molecule has 1 aliphatic rings. The number of pyridine rings is 1. The molecule has 4 rings (SSSR count). The van der Waals surface area contributed by atoms with E-state index in [0.29, 0.717) is 24.6 Å². The van der Waals surface area contributed by atoms with Crippen LogP contribution in [-0.2, 0) is 6.54 Å². The molecule has 1 aliphatic carbocycles. The van der Waals surface area contributed by atoms with Crippen LogP contribution in [0.5, 0.6) is 5.75 Å². The van der Waals surface area contributed by atoms with Gasteiger partial charge >= 0.3 is 0 Å². The van der Waals surface area contributed by atoms with Crippen molar-refractivity contribution in [1.29, 1.82) is 0 Å². The van der Waals surface area contributed by atoms with Gasteiger partial charge in [-0.05, 0) is 49.6 Å². The van der Waals surface area contributed by atoms with Crippen molar-refractivity contribution in [3.63, 3.8) is 0 Å². The van der Waals surface area contributed by atoms with Gasteiger partial charge in [0.2, 0.25) is 0 Å². The van der Waals surface area contributed by atoms with Gasteiger partial charge in [-0.2, -0.15) is 0 Å². The Morgan fingerprint density at radius 2 is 2.00 bits per heavy atom. The summed E-state index contributed by atoms with van der Waals surface area (Å²) in [5.41, 5.74) is 3.24. The lowest BCUT2D eigenvalue weighted by Crippen LogP contribution is -2.30. The first-order valence-corrected chi connectivity index (χ1v) is 9.62. The monoisotopic (exact) mass is 378 g/mol. The van der Waals surface area contributed by atoms with E-state index in [9.17, 15) is 9.18 Å². The molecule has 1 fully saturated rings. The minimum Gasteiger partial charge on any atom is -0.494 e. The molecule has 0 spiro atoms. The van der Waals surface area contributed by atoms with Crippen molar-refractivity contribution < 1.29 is 13.9 Å². The van der Waals surface area contributed by atoms with Gasteiger partial charge in [0, 0.05) is 30.1 Å². The summed E-state index contributed by atoms with van der Waals surface area (Å²) in [6, 6.07) is 14.5. The summed E-state index contributed by atoms with van der Waals surface area (Å²) in [6.45, 7) is 2.80. The van der Waals surface area contributed by atoms with Gasteiger partial charge in [0.25, 0.3) is 5.91 Å². The number of hydrogen-bond acceptors (Lipinski definition) is 3. The summed E-state index contributed by atoms with van der Waals surface area (Å²) in [7, 11) is 1.44. The van der Waals surface area contributed by atoms with E-state index in [-0.39, 0.29) is 11.7 Å². The molecule has 5 heteroatoms. The van der Waals surface area contributed by atoms with Crippen molar-refractivity contribution >= 4 is 16.8 Å². The highest BCUT2D eigenvalue weighted by Gasteiger charge is 2.27. The molecule has 3 aromatic rings. The van der Waals surface area contributed by atoms with Gasteiger partial charge in [-0.3, -0.25) is 9.78 Å². The third-order valence-corrected chi connectivity index (χ3v) is 5.22. The Hall–Kier alpha value is -2.95. The average molecular weight is 378 g/mol. The maximum absolute atomic E-state index is 14.0. The largest absolute Gasteiger partial charge is 0.494 e. The predicted molar refractivity (Wildman–Crippen MR) is 107 cm³/mol. The second-order valence-electron chi connectivity index (χ2n) is 7.17. The van der Waals surface area contributed by atoms with E-state index in [4.69, 9.17) is 9.72 Å². The Kier molecular flexibility index (Phi) is 4.99. The normalized spacial score (nSPS) is 13.5. The zero-order valence-electron chi connectivity index (χ0n) is 16.1. The van der Waals surface area contributed by atoms with Crippen molar-refractivity contribution in [1.82, 2.24) is 9.88 Å². The van der Waals surface area contributed by atoms with Crippen LogP contribution >= 0.6 is 0 Å². The molecule has 4 nitrogen and oxygen atoms in total. The third-order valence-electron chi connectivity index (χ3n) is 5.22. The van der Waals surface area contributed by atoms with E-state index in [1.54, 1.807) is 17.0 Å². The van der Waals surface area contributed by atoms with Crippen LogP contribution in [0, 0.1) is 5.82 Å². The fourth-order valence-corrected chi connectivity index (χ4v) is 3.49. The Balaban J connectivity index is 1.68. The van der Waals surface area contributed by atoms with Gasteiger partial charge in [-0.25, -0.2) is 4.39 Å². The standard InChI is InChI=1S/C23H23FN2O2/c1-3-26(14-15-8-11-22(28-2)19(24)12-15)23(27)18-13-21(16-9-10-16)25-20-7-5-4-6-17(18)20/h4-8,11-13,16H,3,9-10,14H2,1-2H3. The van der Waals surface area contributed by atoms with Crippen molar-refractivity contribution in [2.45, 2.75) is 32.2 Å². The molecular weight excluding hydrogens is 355 g/mol. The lowest BCUT2D eigenvalue weighted by atomic mass is 10.0. The van der Waals surface area contributed by atoms with Crippen LogP contribution in [0.25, 0.3) is 10.9 Å². The number of carbonyl (C=O) groups is 1. The fraction of sp³-hybridized carbons (Fsp3) is 0.304. The molecular formula is C23H23FN2O2. The zero-order chi connectivity index (χ0) is 19.7. The van der Waals surface area contributed by atoms with Crippen LogP contribution in [0.1, 0.15) is 47.3 Å². The Bertz CT molecular complexity index is 1030. The van der Waals surface area contributed by atoms with Crippen molar-refractivity contribution in [3.8, 4) is 5.75 Å². The molecule has 0 N–H and O–H groups in total. The number of hydrogen-bond donors (Lipinski definition) is 0. The van der Waals surface area contributed by atoms with Gasteiger partial charge in [-0.15, -0.1) is 0 Å². The van der Waals surface area contributed by atoms with E-state index in [0.717, 1.165) is 35.0 Å². The fourth-order valence-electron chi connectivity index (χ4n) is 3.49. The van der Waals surface area contributed by atoms with Gasteiger partial charge < -0.3 is 9.64 Å². The summed E-state index contributed by atoms with van der Waals surface area (Å²) in [6.07, 6.45) is 2.25. The number of aromatic nitrogens is 1. The number of para-hydroxylation sites is 1. The number of halogens is 1. The quantitative estimate of drug-likeness (QED) is 0.611. The highest BCUT2D eigenvalue weighted by molar-refractivity contribution is 6.06. The predicted octanol–water partition coefficient (Wildman–Crippen LogP) is 4.92. The molecule has 0 atom stereocenters. The van der Waals surface area contributed by atoms with Crippen molar-refractivity contribution in [3.05, 3.63) is 71.2 Å². The number of carbonyl (C=O) groups excluding carboxylic acids is 1. The molecule has 0 saturated heterocycles. The minimum atomic E-state index is -0.422. The Morgan fingerprint density at radius 3 is 2.68 bits per heavy atom. The van der Waals surface area contributed by atoms with E-state index in [1.165, 1.54) is 13.2 Å².